The van der Waals surface area contributed by atoms with Crippen molar-refractivity contribution in [2.24, 2.45) is 46.8 Å². The van der Waals surface area contributed by atoms with Gasteiger partial charge in [0, 0.05) is 45.6 Å². The van der Waals surface area contributed by atoms with Crippen LogP contribution in [0.5, 0.6) is 0 Å². The molecule has 3 fully saturated rings. The zero-order valence-electron chi connectivity index (χ0n) is 41.0. The van der Waals surface area contributed by atoms with E-state index in [0.29, 0.717) is 45.4 Å². The molecule has 0 spiro atoms. The van der Waals surface area contributed by atoms with Gasteiger partial charge in [0.05, 0.1) is 48.8 Å². The molecular weight excluding hydrogens is 797 g/mol. The molecule has 2 aliphatic heterocycles. The van der Waals surface area contributed by atoms with E-state index in [0.717, 1.165) is 44.1 Å². The highest BCUT2D eigenvalue weighted by Crippen LogP contribution is 2.63. The van der Waals surface area contributed by atoms with Gasteiger partial charge in [0.1, 0.15) is 5.78 Å². The normalized spacial score (nSPS) is 24.5. The Bertz CT molecular complexity index is 1630. The van der Waals surface area contributed by atoms with Crippen molar-refractivity contribution in [1.82, 2.24) is 20.6 Å². The van der Waals surface area contributed by atoms with E-state index in [2.05, 4.69) is 43.5 Å². The first kappa shape index (κ1) is 52.4. The Hall–Kier alpha value is -3.19. The molecule has 1 aromatic rings. The molecule has 4 rings (SSSR count). The number of nitrogens with one attached hydrogen (secondary N) is 2. The van der Waals surface area contributed by atoms with Crippen molar-refractivity contribution in [1.29, 1.82) is 0 Å². The quantitative estimate of drug-likeness (QED) is 0.0954. The van der Waals surface area contributed by atoms with Crippen LogP contribution in [0.15, 0.2) is 30.3 Å². The van der Waals surface area contributed by atoms with Crippen LogP contribution in [0.1, 0.15) is 144 Å². The van der Waals surface area contributed by atoms with Crippen molar-refractivity contribution in [2.75, 3.05) is 41.0 Å². The lowest BCUT2D eigenvalue weighted by Gasteiger charge is -2.37. The number of benzene rings is 1. The van der Waals surface area contributed by atoms with E-state index in [4.69, 9.17) is 14.3 Å². The topological polar surface area (TPSA) is 144 Å². The average molecular weight is 881 g/mol. The zero-order chi connectivity index (χ0) is 46.6. The van der Waals surface area contributed by atoms with Crippen LogP contribution in [0.2, 0.25) is 0 Å². The van der Waals surface area contributed by atoms with E-state index in [9.17, 15) is 24.0 Å². The molecule has 0 radical (unpaired) electrons. The number of ketones is 2. The van der Waals surface area contributed by atoms with Crippen LogP contribution >= 0.6 is 0 Å². The molecule has 63 heavy (non-hydrogen) atoms. The minimum Gasteiger partial charge on any atom is -0.381 e. The third-order valence-electron chi connectivity index (χ3n) is 15.3. The van der Waals surface area contributed by atoms with Crippen LogP contribution in [-0.2, 0) is 38.3 Å². The van der Waals surface area contributed by atoms with Crippen LogP contribution in [-0.4, -0.2) is 111 Å². The summed E-state index contributed by atoms with van der Waals surface area (Å²) < 4.78 is 12.3. The van der Waals surface area contributed by atoms with Gasteiger partial charge in [-0.15, -0.1) is 0 Å². The van der Waals surface area contributed by atoms with Gasteiger partial charge >= 0.3 is 0 Å². The van der Waals surface area contributed by atoms with Gasteiger partial charge in [-0.1, -0.05) is 99.1 Å². The molecule has 3 amide bonds. The molecule has 0 aromatic heterocycles. The summed E-state index contributed by atoms with van der Waals surface area (Å²) >= 11 is 0. The highest BCUT2D eigenvalue weighted by Gasteiger charge is 2.61. The third-order valence-corrected chi connectivity index (χ3v) is 15.3. The lowest BCUT2D eigenvalue weighted by molar-refractivity contribution is -0.203. The standard InChI is InChI=1S/C51H84N4O8/c1-13-34(6)39(29-35(7)36(8)47(58)45(32(2)3)53-49(59)46(52-10)33(4)5)43(61-11)30-44(57)54-26-20-23-41(54)48(62-12)37(9)42(56)24-19-25-51(50(60)55-27-17-18-28-63-55)31-40(51)38-21-15-14-16-22-38/h14-16,21-22,32-37,39-41,43,45-46,48,52H,13,17-20,23-31H2,1-12H3,(H,53,59). The largest absolute Gasteiger partial charge is 0.381 e. The molecule has 0 bridgehead atoms. The van der Waals surface area contributed by atoms with Crippen molar-refractivity contribution < 1.29 is 38.3 Å². The van der Waals surface area contributed by atoms with Crippen LogP contribution in [0.4, 0.5) is 0 Å². The minimum absolute atomic E-state index is 0.0102. The molecule has 3 aliphatic rings. The molecule has 12 atom stereocenters. The van der Waals surface area contributed by atoms with Crippen LogP contribution in [0.3, 0.4) is 0 Å². The first-order valence-corrected chi connectivity index (χ1v) is 24.4. The molecule has 2 saturated heterocycles. The summed E-state index contributed by atoms with van der Waals surface area (Å²) in [5.74, 6) is -0.452. The first-order valence-electron chi connectivity index (χ1n) is 24.4. The number of Topliss-reactive ketones (excluding diaryl/α,β-unsaturated/α-hetero) is 2. The number of rotatable bonds is 26. The second kappa shape index (κ2) is 24.4. The number of carbonyl (C=O) groups excluding carboxylic acids is 5. The zero-order valence-corrected chi connectivity index (χ0v) is 41.0. The molecule has 12 unspecified atom stereocenters. The molecule has 2 heterocycles. The van der Waals surface area contributed by atoms with Gasteiger partial charge in [0.2, 0.25) is 11.8 Å². The summed E-state index contributed by atoms with van der Waals surface area (Å²) in [6.07, 6.45) is 6.69. The van der Waals surface area contributed by atoms with E-state index in [1.807, 2.05) is 64.6 Å². The minimum atomic E-state index is -0.605. The molecular formula is C51H84N4O8. The molecule has 356 valence electrons. The summed E-state index contributed by atoms with van der Waals surface area (Å²) in [5, 5.41) is 7.72. The Morgan fingerprint density at radius 2 is 1.54 bits per heavy atom. The predicted molar refractivity (Wildman–Crippen MR) is 247 cm³/mol. The van der Waals surface area contributed by atoms with Gasteiger partial charge in [-0.2, -0.15) is 0 Å². The van der Waals surface area contributed by atoms with E-state index < -0.39 is 29.5 Å². The average Bonchev–Trinajstić information content (AvgIpc) is 3.82. The van der Waals surface area contributed by atoms with Crippen molar-refractivity contribution in [3.05, 3.63) is 35.9 Å². The van der Waals surface area contributed by atoms with Gasteiger partial charge in [0.15, 0.2) is 5.78 Å². The van der Waals surface area contributed by atoms with Gasteiger partial charge in [0.25, 0.3) is 5.91 Å². The summed E-state index contributed by atoms with van der Waals surface area (Å²) in [6, 6.07) is 8.96. The van der Waals surface area contributed by atoms with Crippen LogP contribution < -0.4 is 10.6 Å². The van der Waals surface area contributed by atoms with Gasteiger partial charge in [-0.05, 0) is 99.5 Å². The number of carbonyl (C=O) groups is 5. The fraction of sp³-hybridized carbons (Fsp3) is 0.784. The fourth-order valence-corrected chi connectivity index (χ4v) is 10.7. The molecule has 12 nitrogen and oxygen atoms in total. The van der Waals surface area contributed by atoms with Crippen molar-refractivity contribution in [3.63, 3.8) is 0 Å². The molecule has 2 N–H and O–H groups in total. The number of hydrogen-bond acceptors (Lipinski definition) is 9. The fourth-order valence-electron chi connectivity index (χ4n) is 10.7. The van der Waals surface area contributed by atoms with E-state index in [1.54, 1.807) is 26.3 Å². The Labute approximate surface area is 380 Å². The number of nitrogens with zero attached hydrogens (tertiary/aromatic N) is 2. The van der Waals surface area contributed by atoms with Crippen molar-refractivity contribution >= 4 is 29.3 Å². The lowest BCUT2D eigenvalue weighted by atomic mass is 9.74. The van der Waals surface area contributed by atoms with Crippen molar-refractivity contribution in [3.8, 4) is 0 Å². The highest BCUT2D eigenvalue weighted by molar-refractivity contribution is 5.92. The van der Waals surface area contributed by atoms with E-state index in [-0.39, 0.29) is 89.3 Å². The first-order chi connectivity index (χ1) is 30.0. The predicted octanol–water partition coefficient (Wildman–Crippen LogP) is 7.78. The SMILES string of the molecule is CCC(C)C(CC(C)C(C)C(=O)C(NC(=O)C(NC)C(C)C)C(C)C)C(CC(=O)N1CCCC1C(OC)C(C)C(=O)CCCC1(C(=O)N2CCCCO2)CC1c1ccccc1)OC. The van der Waals surface area contributed by atoms with Gasteiger partial charge < -0.3 is 25.0 Å². The number of methoxy groups -OCH3 is 2. The number of likely N-dealkylation sites (N-methyl/N-ethyl adjacent to an activating group) is 1. The number of hydrogen-bond donors (Lipinski definition) is 2. The number of hydroxylamine groups is 2. The second-order valence-corrected chi connectivity index (χ2v) is 20.0. The van der Waals surface area contributed by atoms with Gasteiger partial charge in [-0.3, -0.25) is 28.8 Å². The van der Waals surface area contributed by atoms with Crippen LogP contribution in [0, 0.1) is 46.8 Å². The number of likely N-dealkylation sites (tertiary alicyclic amines) is 1. The summed E-state index contributed by atoms with van der Waals surface area (Å²) in [6.45, 7) is 20.0. The summed E-state index contributed by atoms with van der Waals surface area (Å²) in [4.78, 5) is 77.3. The van der Waals surface area contributed by atoms with Crippen molar-refractivity contribution in [2.45, 2.75) is 169 Å². The van der Waals surface area contributed by atoms with E-state index in [1.165, 1.54) is 0 Å². The summed E-state index contributed by atoms with van der Waals surface area (Å²) in [5.41, 5.74) is 0.589. The Balaban J connectivity index is 1.40. The smallest absolute Gasteiger partial charge is 0.252 e. The molecule has 12 heteroatoms. The molecule has 1 saturated carbocycles. The maximum absolute atomic E-state index is 14.4. The highest BCUT2D eigenvalue weighted by atomic mass is 16.7. The third kappa shape index (κ3) is 13.0. The number of amides is 3. The Kier molecular flexibility index (Phi) is 20.3. The lowest BCUT2D eigenvalue weighted by Crippen LogP contribution is -2.54. The van der Waals surface area contributed by atoms with Gasteiger partial charge in [-0.25, -0.2) is 5.06 Å². The maximum Gasteiger partial charge on any atom is 0.252 e. The Morgan fingerprint density at radius 1 is 0.857 bits per heavy atom. The monoisotopic (exact) mass is 881 g/mol. The maximum atomic E-state index is 14.4. The molecule has 1 aliphatic carbocycles. The molecule has 1 aromatic carbocycles. The summed E-state index contributed by atoms with van der Waals surface area (Å²) in [7, 11) is 5.07. The van der Waals surface area contributed by atoms with Crippen LogP contribution in [0.25, 0.3) is 0 Å². The van der Waals surface area contributed by atoms with E-state index >= 15 is 0 Å². The number of ether oxygens (including phenoxy) is 2. The second-order valence-electron chi connectivity index (χ2n) is 20.0. The Morgan fingerprint density at radius 3 is 2.11 bits per heavy atom.